The molecule has 0 amide bonds. The molecule has 20 heavy (non-hydrogen) atoms. The molecule has 5 heteroatoms. The number of hydrogen-bond acceptors (Lipinski definition) is 4. The van der Waals surface area contributed by atoms with E-state index in [0.717, 1.165) is 35.7 Å². The average Bonchev–Trinajstić information content (AvgIpc) is 2.85. The molecule has 3 nitrogen and oxygen atoms in total. The number of ether oxygens (including phenoxy) is 1. The highest BCUT2D eigenvalue weighted by Crippen LogP contribution is 2.42. The van der Waals surface area contributed by atoms with Gasteiger partial charge in [-0.05, 0) is 37.9 Å². The number of benzene rings is 1. The van der Waals surface area contributed by atoms with E-state index in [4.69, 9.17) is 16.3 Å². The largest absolute Gasteiger partial charge is 0.468 e. The summed E-state index contributed by atoms with van der Waals surface area (Å²) in [5, 5.41) is 4.48. The Bertz CT molecular complexity index is 483. The van der Waals surface area contributed by atoms with Gasteiger partial charge in [0.25, 0.3) is 0 Å². The van der Waals surface area contributed by atoms with Crippen LogP contribution in [0.4, 0.5) is 0 Å². The Balaban J connectivity index is 2.07. The molecule has 1 fully saturated rings. The van der Waals surface area contributed by atoms with E-state index in [-0.39, 0.29) is 5.97 Å². The number of likely N-dealkylation sites (N-methyl/N-ethyl adjacent to an activating group) is 1. The third-order valence-electron chi connectivity index (χ3n) is 3.69. The van der Waals surface area contributed by atoms with E-state index in [2.05, 4.69) is 5.32 Å². The van der Waals surface area contributed by atoms with E-state index >= 15 is 0 Å². The molecule has 1 saturated carbocycles. The van der Waals surface area contributed by atoms with Gasteiger partial charge in [0.05, 0.1) is 12.1 Å². The van der Waals surface area contributed by atoms with E-state index in [1.165, 1.54) is 7.11 Å². The van der Waals surface area contributed by atoms with Crippen molar-refractivity contribution in [1.82, 2.24) is 5.32 Å². The topological polar surface area (TPSA) is 38.3 Å². The van der Waals surface area contributed by atoms with E-state index in [9.17, 15) is 4.79 Å². The van der Waals surface area contributed by atoms with E-state index in [1.54, 1.807) is 11.8 Å². The third-order valence-corrected chi connectivity index (χ3v) is 5.48. The minimum Gasteiger partial charge on any atom is -0.468 e. The summed E-state index contributed by atoms with van der Waals surface area (Å²) >= 11 is 7.95. The lowest BCUT2D eigenvalue weighted by Crippen LogP contribution is -2.50. The van der Waals surface area contributed by atoms with Crippen LogP contribution in [0.3, 0.4) is 0 Å². The molecule has 0 aromatic heterocycles. The minimum absolute atomic E-state index is 0.151. The number of halogens is 1. The first kappa shape index (κ1) is 15.7. The van der Waals surface area contributed by atoms with Gasteiger partial charge in [-0.2, -0.15) is 0 Å². The Hall–Kier alpha value is -0.710. The zero-order chi connectivity index (χ0) is 14.6. The monoisotopic (exact) mass is 313 g/mol. The molecule has 0 heterocycles. The van der Waals surface area contributed by atoms with Gasteiger partial charge in [0.1, 0.15) is 5.54 Å². The van der Waals surface area contributed by atoms with Crippen molar-refractivity contribution in [1.29, 1.82) is 0 Å². The van der Waals surface area contributed by atoms with Crippen LogP contribution in [0, 0.1) is 0 Å². The predicted molar refractivity (Wildman–Crippen MR) is 83.4 cm³/mol. The van der Waals surface area contributed by atoms with Gasteiger partial charge in [-0.15, -0.1) is 11.8 Å². The molecule has 1 N–H and O–H groups in total. The summed E-state index contributed by atoms with van der Waals surface area (Å²) in [6.45, 7) is 2.78. The molecule has 1 aliphatic carbocycles. The Morgan fingerprint density at radius 3 is 2.95 bits per heavy atom. The lowest BCUT2D eigenvalue weighted by molar-refractivity contribution is -0.148. The van der Waals surface area contributed by atoms with E-state index in [1.807, 2.05) is 31.2 Å². The zero-order valence-corrected chi connectivity index (χ0v) is 13.4. The molecule has 1 aliphatic rings. The highest BCUT2D eigenvalue weighted by molar-refractivity contribution is 8.00. The fourth-order valence-electron chi connectivity index (χ4n) is 2.77. The number of hydrogen-bond donors (Lipinski definition) is 1. The quantitative estimate of drug-likeness (QED) is 0.844. The summed E-state index contributed by atoms with van der Waals surface area (Å²) in [7, 11) is 1.45. The highest BCUT2D eigenvalue weighted by Gasteiger charge is 2.46. The second-order valence-electron chi connectivity index (χ2n) is 5.02. The number of carbonyl (C=O) groups excluding carboxylic acids is 1. The SMILES string of the molecule is CCNC1(C(=O)OC)CCC(Sc2ccccc2Cl)C1. The molecule has 0 spiro atoms. The second-order valence-corrected chi connectivity index (χ2v) is 6.77. The lowest BCUT2D eigenvalue weighted by Gasteiger charge is -2.27. The van der Waals surface area contributed by atoms with Crippen LogP contribution in [-0.2, 0) is 9.53 Å². The molecule has 2 unspecified atom stereocenters. The standard InChI is InChI=1S/C15H20ClNO2S/c1-3-17-15(14(18)19-2)9-8-11(10-15)20-13-7-5-4-6-12(13)16/h4-7,11,17H,3,8-10H2,1-2H3. The Labute approximate surface area is 129 Å². The Morgan fingerprint density at radius 2 is 2.30 bits per heavy atom. The van der Waals surface area contributed by atoms with Crippen LogP contribution in [0.15, 0.2) is 29.2 Å². The maximum Gasteiger partial charge on any atom is 0.326 e. The van der Waals surface area contributed by atoms with Gasteiger partial charge in [-0.25, -0.2) is 0 Å². The summed E-state index contributed by atoms with van der Waals surface area (Å²) < 4.78 is 4.98. The van der Waals surface area contributed by atoms with Crippen molar-refractivity contribution in [3.05, 3.63) is 29.3 Å². The molecule has 0 radical (unpaired) electrons. The van der Waals surface area contributed by atoms with Gasteiger partial charge in [-0.3, -0.25) is 4.79 Å². The van der Waals surface area contributed by atoms with Gasteiger partial charge in [0, 0.05) is 10.1 Å². The maximum atomic E-state index is 12.1. The van der Waals surface area contributed by atoms with E-state index in [0.29, 0.717) is 5.25 Å². The zero-order valence-electron chi connectivity index (χ0n) is 11.8. The van der Waals surface area contributed by atoms with Gasteiger partial charge >= 0.3 is 5.97 Å². The van der Waals surface area contributed by atoms with Crippen LogP contribution >= 0.6 is 23.4 Å². The summed E-state index contributed by atoms with van der Waals surface area (Å²) in [6.07, 6.45) is 2.58. The number of rotatable bonds is 5. The summed E-state index contributed by atoms with van der Waals surface area (Å²) in [5.41, 5.74) is -0.525. The summed E-state index contributed by atoms with van der Waals surface area (Å²) in [6, 6.07) is 7.84. The van der Waals surface area contributed by atoms with Crippen molar-refractivity contribution in [2.75, 3.05) is 13.7 Å². The van der Waals surface area contributed by atoms with Gasteiger partial charge < -0.3 is 10.1 Å². The Kier molecular flexibility index (Phi) is 5.35. The molecule has 1 aromatic carbocycles. The van der Waals surface area contributed by atoms with Crippen LogP contribution in [0.2, 0.25) is 5.02 Å². The van der Waals surface area contributed by atoms with Crippen molar-refractivity contribution in [3.63, 3.8) is 0 Å². The van der Waals surface area contributed by atoms with Gasteiger partial charge in [0.15, 0.2) is 0 Å². The van der Waals surface area contributed by atoms with Gasteiger partial charge in [-0.1, -0.05) is 30.7 Å². The smallest absolute Gasteiger partial charge is 0.326 e. The highest BCUT2D eigenvalue weighted by atomic mass is 35.5. The average molecular weight is 314 g/mol. The first-order chi connectivity index (χ1) is 9.61. The van der Waals surface area contributed by atoms with E-state index < -0.39 is 5.54 Å². The van der Waals surface area contributed by atoms with Crippen LogP contribution in [0.5, 0.6) is 0 Å². The summed E-state index contributed by atoms with van der Waals surface area (Å²) in [4.78, 5) is 13.2. The number of methoxy groups -OCH3 is 1. The van der Waals surface area contributed by atoms with Crippen molar-refractivity contribution < 1.29 is 9.53 Å². The molecule has 110 valence electrons. The second kappa shape index (κ2) is 6.83. The molecule has 0 aliphatic heterocycles. The molecule has 1 aromatic rings. The van der Waals surface area contributed by atoms with Crippen LogP contribution in [0.1, 0.15) is 26.2 Å². The molecule has 2 atom stereocenters. The number of nitrogens with one attached hydrogen (secondary N) is 1. The van der Waals surface area contributed by atoms with Gasteiger partial charge in [0.2, 0.25) is 0 Å². The number of carbonyl (C=O) groups is 1. The van der Waals surface area contributed by atoms with Crippen molar-refractivity contribution in [2.45, 2.75) is 41.9 Å². The minimum atomic E-state index is -0.525. The molecular weight excluding hydrogens is 294 g/mol. The van der Waals surface area contributed by atoms with Crippen LogP contribution < -0.4 is 5.32 Å². The molecule has 2 rings (SSSR count). The lowest BCUT2D eigenvalue weighted by atomic mass is 9.98. The van der Waals surface area contributed by atoms with Crippen molar-refractivity contribution in [2.24, 2.45) is 0 Å². The molecule has 0 bridgehead atoms. The van der Waals surface area contributed by atoms with Crippen LogP contribution in [0.25, 0.3) is 0 Å². The number of esters is 1. The normalized spacial score (nSPS) is 25.6. The Morgan fingerprint density at radius 1 is 1.55 bits per heavy atom. The molecular formula is C15H20ClNO2S. The fourth-order valence-corrected chi connectivity index (χ4v) is 4.34. The van der Waals surface area contributed by atoms with Crippen molar-refractivity contribution >= 4 is 29.3 Å². The first-order valence-corrected chi connectivity index (χ1v) is 8.11. The van der Waals surface area contributed by atoms with Crippen LogP contribution in [-0.4, -0.2) is 30.4 Å². The third kappa shape index (κ3) is 3.30. The number of thioether (sulfide) groups is 1. The fraction of sp³-hybridized carbons (Fsp3) is 0.533. The molecule has 0 saturated heterocycles. The summed E-state index contributed by atoms with van der Waals surface area (Å²) in [5.74, 6) is -0.151. The maximum absolute atomic E-state index is 12.1. The first-order valence-electron chi connectivity index (χ1n) is 6.86. The van der Waals surface area contributed by atoms with Crippen molar-refractivity contribution in [3.8, 4) is 0 Å². The predicted octanol–water partition coefficient (Wildman–Crippen LogP) is 3.51.